The Morgan fingerprint density at radius 2 is 1.52 bits per heavy atom. The summed E-state index contributed by atoms with van der Waals surface area (Å²) in [6.45, 7) is 6.94. The third-order valence-corrected chi connectivity index (χ3v) is 9.41. The molecule has 2 saturated heterocycles. The summed E-state index contributed by atoms with van der Waals surface area (Å²) in [6, 6.07) is 0.310. The average Bonchev–Trinajstić information content (AvgIpc) is 3.53. The molecule has 0 bridgehead atoms. The fourth-order valence-electron chi connectivity index (χ4n) is 5.80. The van der Waals surface area contributed by atoms with Crippen LogP contribution in [0, 0.1) is 11.8 Å². The van der Waals surface area contributed by atoms with Crippen molar-refractivity contribution in [3.05, 3.63) is 29.8 Å². The summed E-state index contributed by atoms with van der Waals surface area (Å²) in [5, 5.41) is 13.4. The van der Waals surface area contributed by atoms with E-state index in [1.54, 1.807) is 13.8 Å². The van der Waals surface area contributed by atoms with Crippen molar-refractivity contribution in [3.8, 4) is 5.75 Å². The Labute approximate surface area is 296 Å². The standard InChI is InChI=1S/C32H49N6O10PS/c1-18(2)15-23-28(40)33-17-26(39)34-24(16-20-8-10-21(11-9-20)48-49(45,46)47)30(42)37-27(19(3)4)32(44)38-13-6-7-25(38)31(43)35-22(12-14-50-5)29(41)36-23/h8-11,18-19,22-25,27H,6-7,12-17H2,1-5H3,(H,33,40)(H,34,39)(H,35,43)(H,36,41)(H,37,42)(H2,45,46,47)/t22-,23+,24+,25+,27-/m0/s1. The summed E-state index contributed by atoms with van der Waals surface area (Å²) >= 11 is 1.49. The molecule has 2 aliphatic rings. The van der Waals surface area contributed by atoms with Crippen LogP contribution in [0.15, 0.2) is 24.3 Å². The van der Waals surface area contributed by atoms with Crippen LogP contribution < -0.4 is 31.1 Å². The second-order valence-corrected chi connectivity index (χ2v) is 15.4. The molecule has 7 N–H and O–H groups in total. The zero-order valence-electron chi connectivity index (χ0n) is 29.0. The topological polar surface area (TPSA) is 233 Å². The molecule has 0 radical (unpaired) electrons. The molecular formula is C32H49N6O10PS. The van der Waals surface area contributed by atoms with Crippen molar-refractivity contribution >= 4 is 55.0 Å². The maximum absolute atomic E-state index is 14.0. The number of carbonyl (C=O) groups excluding carboxylic acids is 6. The zero-order chi connectivity index (χ0) is 37.2. The number of hydrogen-bond donors (Lipinski definition) is 7. The van der Waals surface area contributed by atoms with Crippen LogP contribution >= 0.6 is 19.6 Å². The molecule has 5 atom stereocenters. The van der Waals surface area contributed by atoms with E-state index in [1.807, 2.05) is 20.1 Å². The number of hydrogen-bond acceptors (Lipinski definition) is 9. The number of phosphoric acid groups is 1. The maximum Gasteiger partial charge on any atom is 0.524 e. The third kappa shape index (κ3) is 12.3. The Morgan fingerprint density at radius 1 is 0.880 bits per heavy atom. The highest BCUT2D eigenvalue weighted by Gasteiger charge is 2.41. The molecule has 0 aliphatic carbocycles. The summed E-state index contributed by atoms with van der Waals surface area (Å²) in [6.07, 6.45) is 3.18. The molecule has 0 unspecified atom stereocenters. The van der Waals surface area contributed by atoms with E-state index >= 15 is 0 Å². The smallest absolute Gasteiger partial charge is 0.404 e. The van der Waals surface area contributed by atoms with Crippen molar-refractivity contribution in [2.24, 2.45) is 11.8 Å². The molecule has 3 rings (SSSR count). The lowest BCUT2D eigenvalue weighted by atomic mass is 9.99. The zero-order valence-corrected chi connectivity index (χ0v) is 30.7. The van der Waals surface area contributed by atoms with Crippen molar-refractivity contribution in [1.82, 2.24) is 31.5 Å². The average molecular weight is 741 g/mol. The summed E-state index contributed by atoms with van der Waals surface area (Å²) in [5.41, 5.74) is 0.481. The normalized spacial score (nSPS) is 24.8. The predicted octanol–water partition coefficient (Wildman–Crippen LogP) is 0.216. The fourth-order valence-corrected chi connectivity index (χ4v) is 6.67. The van der Waals surface area contributed by atoms with Gasteiger partial charge in [-0.3, -0.25) is 38.6 Å². The largest absolute Gasteiger partial charge is 0.524 e. The van der Waals surface area contributed by atoms with Crippen molar-refractivity contribution < 1.29 is 47.6 Å². The van der Waals surface area contributed by atoms with Crippen LogP contribution in [-0.4, -0.2) is 105 Å². The molecule has 1 aromatic rings. The van der Waals surface area contributed by atoms with Crippen LogP contribution in [0.2, 0.25) is 0 Å². The number of fused-ring (bicyclic) bond motifs is 1. The summed E-state index contributed by atoms with van der Waals surface area (Å²) in [4.78, 5) is 101. The first kappa shape index (κ1) is 40.8. The van der Waals surface area contributed by atoms with Gasteiger partial charge in [0.25, 0.3) is 0 Å². The van der Waals surface area contributed by atoms with Crippen molar-refractivity contribution in [2.75, 3.05) is 25.1 Å². The van der Waals surface area contributed by atoms with Gasteiger partial charge in [0.2, 0.25) is 35.4 Å². The van der Waals surface area contributed by atoms with Crippen molar-refractivity contribution in [3.63, 3.8) is 0 Å². The molecule has 6 amide bonds. The lowest BCUT2D eigenvalue weighted by Gasteiger charge is -2.32. The number of phosphoric ester groups is 1. The molecule has 2 heterocycles. The van der Waals surface area contributed by atoms with E-state index in [0.29, 0.717) is 24.2 Å². The lowest BCUT2D eigenvalue weighted by molar-refractivity contribution is -0.143. The Bertz CT molecular complexity index is 1440. The van der Waals surface area contributed by atoms with E-state index in [1.165, 1.54) is 40.9 Å². The summed E-state index contributed by atoms with van der Waals surface area (Å²) < 4.78 is 15.8. The molecule has 0 aromatic heterocycles. The monoisotopic (exact) mass is 740 g/mol. The predicted molar refractivity (Wildman–Crippen MR) is 186 cm³/mol. The van der Waals surface area contributed by atoms with Crippen molar-refractivity contribution in [1.29, 1.82) is 0 Å². The van der Waals surface area contributed by atoms with Gasteiger partial charge in [0, 0.05) is 13.0 Å². The quantitative estimate of drug-likeness (QED) is 0.160. The molecule has 50 heavy (non-hydrogen) atoms. The van der Waals surface area contributed by atoms with E-state index in [9.17, 15) is 33.3 Å². The van der Waals surface area contributed by atoms with Gasteiger partial charge in [0.05, 0.1) is 6.54 Å². The van der Waals surface area contributed by atoms with Gasteiger partial charge in [-0.1, -0.05) is 39.8 Å². The maximum atomic E-state index is 14.0. The second-order valence-electron chi connectivity index (χ2n) is 13.2. The Hall–Kier alpha value is -3.66. The van der Waals surface area contributed by atoms with Gasteiger partial charge < -0.3 is 36.0 Å². The van der Waals surface area contributed by atoms with Crippen molar-refractivity contribution in [2.45, 2.75) is 90.0 Å². The Morgan fingerprint density at radius 3 is 2.12 bits per heavy atom. The summed E-state index contributed by atoms with van der Waals surface area (Å²) in [5.74, 6) is -3.58. The van der Waals surface area contributed by atoms with E-state index in [2.05, 4.69) is 31.1 Å². The molecule has 0 saturated carbocycles. The lowest BCUT2D eigenvalue weighted by Crippen LogP contribution is -2.61. The molecule has 278 valence electrons. The highest BCUT2D eigenvalue weighted by molar-refractivity contribution is 7.98. The first-order valence-corrected chi connectivity index (χ1v) is 19.5. The van der Waals surface area contributed by atoms with Gasteiger partial charge in [0.15, 0.2) is 0 Å². The number of thioether (sulfide) groups is 1. The number of carbonyl (C=O) groups is 6. The van der Waals surface area contributed by atoms with E-state index in [4.69, 9.17) is 9.79 Å². The van der Waals surface area contributed by atoms with Crippen LogP contribution in [0.1, 0.15) is 58.9 Å². The van der Waals surface area contributed by atoms with E-state index in [-0.39, 0.29) is 37.5 Å². The van der Waals surface area contributed by atoms with Crippen LogP contribution in [0.3, 0.4) is 0 Å². The SMILES string of the molecule is CSCC[C@@H]1NC(=O)[C@H]2CCCN2C(=O)[C@H](C(C)C)NC(=O)[C@@H](Cc2ccc(OP(=O)(O)O)cc2)NC(=O)CNC(=O)[C@@H](CC(C)C)NC1=O. The number of nitrogens with zero attached hydrogens (tertiary/aromatic N) is 1. The van der Waals surface area contributed by atoms with Gasteiger partial charge in [-0.25, -0.2) is 4.57 Å². The van der Waals surface area contributed by atoms with Gasteiger partial charge in [0.1, 0.15) is 36.0 Å². The van der Waals surface area contributed by atoms with Gasteiger partial charge in [-0.15, -0.1) is 0 Å². The molecule has 0 spiro atoms. The minimum absolute atomic E-state index is 0.0181. The second kappa shape index (κ2) is 18.5. The molecular weight excluding hydrogens is 691 g/mol. The first-order valence-electron chi connectivity index (χ1n) is 16.6. The Balaban J connectivity index is 1.98. The summed E-state index contributed by atoms with van der Waals surface area (Å²) in [7, 11) is -4.80. The fraction of sp³-hybridized carbons (Fsp3) is 0.625. The number of amides is 6. The van der Waals surface area contributed by atoms with Crippen LogP contribution in [0.4, 0.5) is 0 Å². The van der Waals surface area contributed by atoms with Crippen LogP contribution in [-0.2, 0) is 39.8 Å². The van der Waals surface area contributed by atoms with Crippen LogP contribution in [0.5, 0.6) is 5.75 Å². The Kier molecular flexibility index (Phi) is 15.1. The number of benzene rings is 1. The van der Waals surface area contributed by atoms with Crippen LogP contribution in [0.25, 0.3) is 0 Å². The number of nitrogens with one attached hydrogen (secondary N) is 5. The minimum atomic E-state index is -4.80. The van der Waals surface area contributed by atoms with Gasteiger partial charge in [-0.05, 0) is 67.2 Å². The van der Waals surface area contributed by atoms with Gasteiger partial charge in [-0.2, -0.15) is 11.8 Å². The highest BCUT2D eigenvalue weighted by atomic mass is 32.2. The first-order chi connectivity index (χ1) is 23.5. The molecule has 2 aliphatic heterocycles. The van der Waals surface area contributed by atoms with Gasteiger partial charge >= 0.3 is 7.82 Å². The molecule has 16 nitrogen and oxygen atoms in total. The molecule has 2 fully saturated rings. The van der Waals surface area contributed by atoms with E-state index in [0.717, 1.165) is 0 Å². The third-order valence-electron chi connectivity index (χ3n) is 8.32. The highest BCUT2D eigenvalue weighted by Crippen LogP contribution is 2.37. The minimum Gasteiger partial charge on any atom is -0.404 e. The van der Waals surface area contributed by atoms with E-state index < -0.39 is 85.9 Å². The molecule has 1 aromatic carbocycles. The molecule has 18 heteroatoms. The number of rotatable bonds is 10.